The highest BCUT2D eigenvalue weighted by atomic mass is 16.6. The third-order valence-corrected chi connectivity index (χ3v) is 2.60. The van der Waals surface area contributed by atoms with Crippen LogP contribution in [0.1, 0.15) is 12.8 Å². The van der Waals surface area contributed by atoms with Gasteiger partial charge in [0.05, 0.1) is 26.7 Å². The van der Waals surface area contributed by atoms with Gasteiger partial charge in [-0.3, -0.25) is 0 Å². The third kappa shape index (κ3) is 8.51. The molecule has 1 atom stereocenters. The van der Waals surface area contributed by atoms with Crippen LogP contribution in [0.5, 0.6) is 0 Å². The summed E-state index contributed by atoms with van der Waals surface area (Å²) in [7, 11) is 1.90. The van der Waals surface area contributed by atoms with E-state index in [0.717, 1.165) is 13.0 Å². The molecule has 0 aliphatic heterocycles. The molecule has 0 aromatic rings. The van der Waals surface area contributed by atoms with Crippen molar-refractivity contribution in [2.24, 2.45) is 0 Å². The molecule has 98 valence electrons. The van der Waals surface area contributed by atoms with Gasteiger partial charge in [-0.1, -0.05) is 6.42 Å². The zero-order valence-electron chi connectivity index (χ0n) is 10.1. The van der Waals surface area contributed by atoms with Crippen molar-refractivity contribution in [1.82, 2.24) is 5.48 Å². The van der Waals surface area contributed by atoms with Crippen LogP contribution in [0.2, 0.25) is 0 Å². The molecule has 0 fully saturated rings. The van der Waals surface area contributed by atoms with E-state index >= 15 is 0 Å². The van der Waals surface area contributed by atoms with Crippen LogP contribution in [0.4, 0.5) is 0 Å². The molecule has 6 nitrogen and oxygen atoms in total. The zero-order chi connectivity index (χ0) is 13.1. The van der Waals surface area contributed by atoms with Crippen LogP contribution in [0.25, 0.3) is 0 Å². The van der Waals surface area contributed by atoms with Gasteiger partial charge in [-0.25, -0.2) is 0 Å². The SMILES string of the molecule is C#CONCCC[N+](C)(CCO)CCC(=O)[O-]. The number of hydroxylamine groups is 1. The molecule has 1 unspecified atom stereocenters. The van der Waals surface area contributed by atoms with Crippen molar-refractivity contribution in [3.63, 3.8) is 0 Å². The van der Waals surface area contributed by atoms with Crippen LogP contribution in [-0.2, 0) is 9.63 Å². The summed E-state index contributed by atoms with van der Waals surface area (Å²) >= 11 is 0. The largest absolute Gasteiger partial charge is 0.550 e. The Balaban J connectivity index is 3.94. The molecule has 0 spiro atoms. The summed E-state index contributed by atoms with van der Waals surface area (Å²) in [6.07, 6.45) is 7.63. The number of carbonyl (C=O) groups excluding carboxylic acids is 1. The molecule has 0 bridgehead atoms. The first-order valence-electron chi connectivity index (χ1n) is 5.52. The molecule has 0 aromatic heterocycles. The van der Waals surface area contributed by atoms with Gasteiger partial charge in [0.2, 0.25) is 0 Å². The second kappa shape index (κ2) is 8.82. The zero-order valence-corrected chi connectivity index (χ0v) is 10.1. The van der Waals surface area contributed by atoms with Gasteiger partial charge >= 0.3 is 0 Å². The topological polar surface area (TPSA) is 81.6 Å². The quantitative estimate of drug-likeness (QED) is 0.202. The number of nitrogens with one attached hydrogen (secondary N) is 1. The molecule has 0 saturated carbocycles. The lowest BCUT2D eigenvalue weighted by molar-refractivity contribution is -0.909. The number of likely N-dealkylation sites (N-methyl/N-ethyl adjacent to an activating group) is 1. The number of hydrogen-bond donors (Lipinski definition) is 2. The predicted molar refractivity (Wildman–Crippen MR) is 60.0 cm³/mol. The Morgan fingerprint density at radius 3 is 2.76 bits per heavy atom. The van der Waals surface area contributed by atoms with Crippen LogP contribution in [-0.4, -0.2) is 55.4 Å². The van der Waals surface area contributed by atoms with E-state index in [1.807, 2.05) is 13.2 Å². The number of quaternary nitrogens is 1. The molecular formula is C11H20N2O4. The number of carboxylic acids is 1. The number of rotatable bonds is 10. The fraction of sp³-hybridized carbons (Fsp3) is 0.727. The Kier molecular flexibility index (Phi) is 8.15. The first-order valence-corrected chi connectivity index (χ1v) is 5.52. The second-order valence-corrected chi connectivity index (χ2v) is 4.10. The Morgan fingerprint density at radius 2 is 2.24 bits per heavy atom. The number of aliphatic hydroxyl groups excluding tert-OH is 1. The smallest absolute Gasteiger partial charge is 0.134 e. The molecule has 0 aliphatic rings. The first kappa shape index (κ1) is 15.7. The van der Waals surface area contributed by atoms with Crippen molar-refractivity contribution in [3.8, 4) is 12.5 Å². The summed E-state index contributed by atoms with van der Waals surface area (Å²) in [6.45, 7) is 2.30. The number of carboxylic acid groups (broad SMARTS) is 1. The van der Waals surface area contributed by atoms with Crippen LogP contribution in [0, 0.1) is 12.5 Å². The lowest BCUT2D eigenvalue weighted by Crippen LogP contribution is -2.49. The van der Waals surface area contributed by atoms with E-state index < -0.39 is 5.97 Å². The summed E-state index contributed by atoms with van der Waals surface area (Å²) in [6, 6.07) is 0. The Labute approximate surface area is 102 Å². The Morgan fingerprint density at radius 1 is 1.53 bits per heavy atom. The van der Waals surface area contributed by atoms with Crippen LogP contribution < -0.4 is 10.6 Å². The monoisotopic (exact) mass is 244 g/mol. The maximum absolute atomic E-state index is 10.4. The van der Waals surface area contributed by atoms with E-state index in [1.54, 1.807) is 0 Å². The van der Waals surface area contributed by atoms with E-state index in [9.17, 15) is 9.90 Å². The summed E-state index contributed by atoms with van der Waals surface area (Å²) in [5, 5.41) is 19.4. The minimum atomic E-state index is -1.07. The molecule has 2 N–H and O–H groups in total. The van der Waals surface area contributed by atoms with Crippen LogP contribution >= 0.6 is 0 Å². The summed E-state index contributed by atoms with van der Waals surface area (Å²) in [4.78, 5) is 15.0. The molecule has 6 heteroatoms. The molecule has 0 aromatic carbocycles. The van der Waals surface area contributed by atoms with Gasteiger partial charge in [-0.05, 0) is 0 Å². The average Bonchev–Trinajstić information content (AvgIpc) is 2.27. The highest BCUT2D eigenvalue weighted by molar-refractivity contribution is 5.64. The molecular weight excluding hydrogens is 224 g/mol. The molecule has 0 rings (SSSR count). The fourth-order valence-electron chi connectivity index (χ4n) is 1.56. The predicted octanol–water partition coefficient (Wildman–Crippen LogP) is -1.93. The van der Waals surface area contributed by atoms with Crippen molar-refractivity contribution < 1.29 is 24.3 Å². The van der Waals surface area contributed by atoms with Gasteiger partial charge in [-0.2, -0.15) is 0 Å². The lowest BCUT2D eigenvalue weighted by Gasteiger charge is -2.34. The second-order valence-electron chi connectivity index (χ2n) is 4.10. The Hall–Kier alpha value is -1.29. The van der Waals surface area contributed by atoms with E-state index in [1.165, 1.54) is 0 Å². The highest BCUT2D eigenvalue weighted by Gasteiger charge is 2.20. The van der Waals surface area contributed by atoms with Gasteiger partial charge in [0.25, 0.3) is 0 Å². The van der Waals surface area contributed by atoms with Crippen molar-refractivity contribution >= 4 is 5.97 Å². The van der Waals surface area contributed by atoms with Gasteiger partial charge in [-0.15, -0.1) is 5.48 Å². The minimum absolute atomic E-state index is 0.00914. The fourth-order valence-corrected chi connectivity index (χ4v) is 1.56. The van der Waals surface area contributed by atoms with Crippen molar-refractivity contribution in [2.75, 3.05) is 39.8 Å². The summed E-state index contributed by atoms with van der Waals surface area (Å²) < 4.78 is 0.488. The van der Waals surface area contributed by atoms with Gasteiger partial charge in [0.1, 0.15) is 12.7 Å². The summed E-state index contributed by atoms with van der Waals surface area (Å²) in [5.74, 6) is -1.07. The lowest BCUT2D eigenvalue weighted by atomic mass is 10.2. The molecule has 0 saturated heterocycles. The van der Waals surface area contributed by atoms with Crippen LogP contribution in [0.3, 0.4) is 0 Å². The number of terminal acetylenes is 1. The minimum Gasteiger partial charge on any atom is -0.550 e. The van der Waals surface area contributed by atoms with Gasteiger partial charge < -0.3 is 24.3 Å². The number of aliphatic hydroxyl groups is 1. The highest BCUT2D eigenvalue weighted by Crippen LogP contribution is 2.05. The average molecular weight is 244 g/mol. The number of aliphatic carboxylic acids is 1. The third-order valence-electron chi connectivity index (χ3n) is 2.60. The maximum Gasteiger partial charge on any atom is 0.134 e. The summed E-state index contributed by atoms with van der Waals surface area (Å²) in [5.41, 5.74) is 2.58. The molecule has 0 amide bonds. The van der Waals surface area contributed by atoms with Gasteiger partial charge in [0.15, 0.2) is 0 Å². The molecule has 0 aliphatic carbocycles. The van der Waals surface area contributed by atoms with Crippen LogP contribution in [0.15, 0.2) is 0 Å². The first-order chi connectivity index (χ1) is 8.04. The molecule has 0 radical (unpaired) electrons. The number of hydrogen-bond acceptors (Lipinski definition) is 5. The number of nitrogens with zero attached hydrogens (tertiary/aromatic N) is 1. The normalized spacial score (nSPS) is 13.7. The number of carbonyl (C=O) groups is 1. The van der Waals surface area contributed by atoms with Crippen molar-refractivity contribution in [2.45, 2.75) is 12.8 Å². The van der Waals surface area contributed by atoms with E-state index in [0.29, 0.717) is 24.1 Å². The van der Waals surface area contributed by atoms with Gasteiger partial charge in [0, 0.05) is 25.4 Å². The Bertz CT molecular complexity index is 265. The van der Waals surface area contributed by atoms with E-state index in [2.05, 4.69) is 10.3 Å². The van der Waals surface area contributed by atoms with E-state index in [-0.39, 0.29) is 13.0 Å². The van der Waals surface area contributed by atoms with Crippen molar-refractivity contribution in [1.29, 1.82) is 0 Å². The van der Waals surface area contributed by atoms with E-state index in [4.69, 9.17) is 11.5 Å². The molecule has 17 heavy (non-hydrogen) atoms. The maximum atomic E-state index is 10.4. The standard InChI is InChI=1S/C11H20N2O4/c1-3-17-12-6-4-7-13(2,9-10-14)8-5-11(15)16/h1,12,14H,4-10H2,2H3. The van der Waals surface area contributed by atoms with Crippen molar-refractivity contribution in [3.05, 3.63) is 0 Å². The molecule has 0 heterocycles.